The highest BCUT2D eigenvalue weighted by molar-refractivity contribution is 5.78. The predicted molar refractivity (Wildman–Crippen MR) is 75.4 cm³/mol. The lowest BCUT2D eigenvalue weighted by molar-refractivity contribution is -0.145. The van der Waals surface area contributed by atoms with Crippen LogP contribution in [0.4, 0.5) is 0 Å². The lowest BCUT2D eigenvalue weighted by atomic mass is 10.0. The van der Waals surface area contributed by atoms with Gasteiger partial charge in [-0.05, 0) is 33.9 Å². The Morgan fingerprint density at radius 1 is 1.55 bits per heavy atom. The zero-order valence-electron chi connectivity index (χ0n) is 12.3. The summed E-state index contributed by atoms with van der Waals surface area (Å²) in [7, 11) is 1.60. The highest BCUT2D eigenvalue weighted by Gasteiger charge is 2.35. The highest BCUT2D eigenvalue weighted by atomic mass is 16.5. The molecule has 0 aromatic heterocycles. The number of benzene rings is 1. The molecule has 0 saturated carbocycles. The van der Waals surface area contributed by atoms with Crippen molar-refractivity contribution in [2.24, 2.45) is 0 Å². The maximum absolute atomic E-state index is 11.2. The molecule has 1 unspecified atom stereocenters. The summed E-state index contributed by atoms with van der Waals surface area (Å²) < 4.78 is 11.6. The van der Waals surface area contributed by atoms with E-state index in [4.69, 9.17) is 9.47 Å². The average Bonchev–Trinajstić information content (AvgIpc) is 2.69. The van der Waals surface area contributed by atoms with E-state index in [2.05, 4.69) is 5.32 Å². The molecule has 5 nitrogen and oxygen atoms in total. The van der Waals surface area contributed by atoms with Gasteiger partial charge in [0, 0.05) is 12.0 Å². The topological polar surface area (TPSA) is 67.8 Å². The number of rotatable bonds is 5. The second kappa shape index (κ2) is 4.98. The summed E-state index contributed by atoms with van der Waals surface area (Å²) in [6.45, 7) is 5.65. The zero-order chi connectivity index (χ0) is 15.0. The number of aliphatic carboxylic acids is 1. The van der Waals surface area contributed by atoms with Crippen LogP contribution in [0, 0.1) is 0 Å². The van der Waals surface area contributed by atoms with E-state index in [1.165, 1.54) is 0 Å². The third-order valence-electron chi connectivity index (χ3n) is 3.60. The molecule has 0 fully saturated rings. The molecule has 1 heterocycles. The smallest absolute Gasteiger partial charge is 0.327 e. The zero-order valence-corrected chi connectivity index (χ0v) is 12.3. The van der Waals surface area contributed by atoms with Gasteiger partial charge in [-0.3, -0.25) is 4.79 Å². The lowest BCUT2D eigenvalue weighted by Crippen LogP contribution is -2.52. The van der Waals surface area contributed by atoms with Crippen LogP contribution in [0.25, 0.3) is 0 Å². The molecule has 0 amide bonds. The number of ether oxygens (including phenoxy) is 2. The van der Waals surface area contributed by atoms with Gasteiger partial charge in [0.05, 0.1) is 0 Å². The molecule has 0 radical (unpaired) electrons. The summed E-state index contributed by atoms with van der Waals surface area (Å²) in [6.07, 6.45) is 0.821. The fraction of sp³-hybridized carbons (Fsp3) is 0.533. The molecule has 5 heteroatoms. The second-order valence-corrected chi connectivity index (χ2v) is 5.96. The van der Waals surface area contributed by atoms with Crippen molar-refractivity contribution < 1.29 is 19.4 Å². The number of nitrogens with one attached hydrogen (secondary N) is 1. The van der Waals surface area contributed by atoms with E-state index in [-0.39, 0.29) is 12.2 Å². The first-order valence-electron chi connectivity index (χ1n) is 6.63. The molecule has 1 aliphatic rings. The SMILES string of the molecule is CNC(C)(COc1cccc2c1OC(C)(C)C2)C(=O)O. The van der Waals surface area contributed by atoms with Crippen molar-refractivity contribution in [2.45, 2.75) is 38.3 Å². The molecule has 20 heavy (non-hydrogen) atoms. The number of likely N-dealkylation sites (N-methyl/N-ethyl adjacent to an activating group) is 1. The number of carboxylic acids is 1. The van der Waals surface area contributed by atoms with E-state index < -0.39 is 11.5 Å². The summed E-state index contributed by atoms with van der Waals surface area (Å²) in [4.78, 5) is 11.2. The van der Waals surface area contributed by atoms with Gasteiger partial charge in [-0.2, -0.15) is 0 Å². The van der Waals surface area contributed by atoms with Gasteiger partial charge in [-0.15, -0.1) is 0 Å². The predicted octanol–water partition coefficient (Wildman–Crippen LogP) is 1.84. The first-order chi connectivity index (χ1) is 9.27. The molecule has 2 rings (SSSR count). The number of fused-ring (bicyclic) bond motifs is 1. The van der Waals surface area contributed by atoms with Crippen LogP contribution in [0.3, 0.4) is 0 Å². The van der Waals surface area contributed by atoms with E-state index in [9.17, 15) is 9.90 Å². The van der Waals surface area contributed by atoms with Crippen LogP contribution in [0.2, 0.25) is 0 Å². The van der Waals surface area contributed by atoms with Crippen LogP contribution < -0.4 is 14.8 Å². The number of para-hydroxylation sites is 1. The van der Waals surface area contributed by atoms with Crippen molar-refractivity contribution in [3.05, 3.63) is 23.8 Å². The van der Waals surface area contributed by atoms with E-state index >= 15 is 0 Å². The third kappa shape index (κ3) is 2.72. The Balaban J connectivity index is 2.17. The molecule has 1 aliphatic heterocycles. The molecule has 0 spiro atoms. The standard InChI is InChI=1S/C15H21NO4/c1-14(2)8-10-6-5-7-11(12(10)20-14)19-9-15(3,16-4)13(17)18/h5-7,16H,8-9H2,1-4H3,(H,17,18). The number of carboxylic acid groups (broad SMARTS) is 1. The van der Waals surface area contributed by atoms with Crippen molar-refractivity contribution in [1.29, 1.82) is 0 Å². The summed E-state index contributed by atoms with van der Waals surface area (Å²) in [6, 6.07) is 5.71. The molecule has 0 aliphatic carbocycles. The van der Waals surface area contributed by atoms with Crippen LogP contribution in [0.1, 0.15) is 26.3 Å². The lowest BCUT2D eigenvalue weighted by Gasteiger charge is -2.25. The van der Waals surface area contributed by atoms with E-state index in [1.807, 2.05) is 26.0 Å². The average molecular weight is 279 g/mol. The Bertz CT molecular complexity index is 527. The third-order valence-corrected chi connectivity index (χ3v) is 3.60. The Hall–Kier alpha value is -1.75. The van der Waals surface area contributed by atoms with Crippen molar-refractivity contribution in [3.63, 3.8) is 0 Å². The largest absolute Gasteiger partial charge is 0.487 e. The Kier molecular flexibility index (Phi) is 3.65. The molecule has 2 N–H and O–H groups in total. The van der Waals surface area contributed by atoms with Crippen molar-refractivity contribution >= 4 is 5.97 Å². The monoisotopic (exact) mass is 279 g/mol. The molecule has 110 valence electrons. The van der Waals surface area contributed by atoms with E-state index in [1.54, 1.807) is 20.0 Å². The second-order valence-electron chi connectivity index (χ2n) is 5.96. The summed E-state index contributed by atoms with van der Waals surface area (Å²) in [5.41, 5.74) is -0.286. The van der Waals surface area contributed by atoms with Crippen LogP contribution in [0.15, 0.2) is 18.2 Å². The summed E-state index contributed by atoms with van der Waals surface area (Å²) in [5.74, 6) is 0.367. The quantitative estimate of drug-likeness (QED) is 0.861. The Morgan fingerprint density at radius 2 is 2.25 bits per heavy atom. The number of hydrogen-bond donors (Lipinski definition) is 2. The van der Waals surface area contributed by atoms with Gasteiger partial charge in [0.2, 0.25) is 0 Å². The normalized spacial score (nSPS) is 18.8. The molecule has 0 saturated heterocycles. The van der Waals surface area contributed by atoms with Gasteiger partial charge in [-0.25, -0.2) is 0 Å². The Labute approximate surface area is 118 Å². The molecular formula is C15H21NO4. The molecule has 1 aromatic carbocycles. The summed E-state index contributed by atoms with van der Waals surface area (Å²) in [5, 5.41) is 12.0. The van der Waals surface area contributed by atoms with Gasteiger partial charge >= 0.3 is 5.97 Å². The van der Waals surface area contributed by atoms with Crippen LogP contribution in [-0.4, -0.2) is 35.9 Å². The minimum Gasteiger partial charge on any atom is -0.487 e. The highest BCUT2D eigenvalue weighted by Crippen LogP contribution is 2.41. The minimum absolute atomic E-state index is 0.0269. The Morgan fingerprint density at radius 3 is 2.85 bits per heavy atom. The molecular weight excluding hydrogens is 258 g/mol. The van der Waals surface area contributed by atoms with Crippen molar-refractivity contribution in [1.82, 2.24) is 5.32 Å². The van der Waals surface area contributed by atoms with Crippen molar-refractivity contribution in [3.8, 4) is 11.5 Å². The van der Waals surface area contributed by atoms with Crippen molar-refractivity contribution in [2.75, 3.05) is 13.7 Å². The number of hydrogen-bond acceptors (Lipinski definition) is 4. The fourth-order valence-corrected chi connectivity index (χ4v) is 2.16. The maximum atomic E-state index is 11.2. The molecule has 0 bridgehead atoms. The van der Waals surface area contributed by atoms with E-state index in [0.717, 1.165) is 17.7 Å². The fourth-order valence-electron chi connectivity index (χ4n) is 2.16. The van der Waals surface area contributed by atoms with Gasteiger partial charge in [-0.1, -0.05) is 12.1 Å². The molecule has 1 atom stereocenters. The van der Waals surface area contributed by atoms with E-state index in [0.29, 0.717) is 5.75 Å². The van der Waals surface area contributed by atoms with Gasteiger partial charge in [0.15, 0.2) is 11.5 Å². The van der Waals surface area contributed by atoms with Gasteiger partial charge in [0.25, 0.3) is 0 Å². The first kappa shape index (κ1) is 14.7. The summed E-state index contributed by atoms with van der Waals surface area (Å²) >= 11 is 0. The van der Waals surface area contributed by atoms with Gasteiger partial charge in [0.1, 0.15) is 17.7 Å². The first-order valence-corrected chi connectivity index (χ1v) is 6.63. The molecule has 1 aromatic rings. The van der Waals surface area contributed by atoms with Crippen LogP contribution in [0.5, 0.6) is 11.5 Å². The number of carbonyl (C=O) groups is 1. The van der Waals surface area contributed by atoms with Crippen LogP contribution >= 0.6 is 0 Å². The van der Waals surface area contributed by atoms with Crippen LogP contribution in [-0.2, 0) is 11.2 Å². The minimum atomic E-state index is -1.13. The van der Waals surface area contributed by atoms with Gasteiger partial charge < -0.3 is 19.9 Å². The maximum Gasteiger partial charge on any atom is 0.327 e.